The highest BCUT2D eigenvalue weighted by Gasteiger charge is 2.28. The molecule has 0 amide bonds. The molecular formula is C13H18BrNOS. The van der Waals surface area contributed by atoms with E-state index in [1.54, 1.807) is 0 Å². The van der Waals surface area contributed by atoms with Crippen LogP contribution in [0.2, 0.25) is 0 Å². The molecule has 1 aliphatic heterocycles. The molecule has 0 saturated carbocycles. The van der Waals surface area contributed by atoms with Gasteiger partial charge in [0, 0.05) is 6.04 Å². The van der Waals surface area contributed by atoms with Crippen molar-refractivity contribution in [2.45, 2.75) is 32.7 Å². The summed E-state index contributed by atoms with van der Waals surface area (Å²) in [5.74, 6) is 0.897. The van der Waals surface area contributed by atoms with Crippen LogP contribution in [0.3, 0.4) is 0 Å². The lowest BCUT2D eigenvalue weighted by atomic mass is 10.0. The van der Waals surface area contributed by atoms with Gasteiger partial charge in [0.1, 0.15) is 0 Å². The van der Waals surface area contributed by atoms with Crippen LogP contribution in [0.1, 0.15) is 36.4 Å². The molecule has 2 heterocycles. The molecule has 1 aliphatic rings. The third kappa shape index (κ3) is 3.18. The lowest BCUT2D eigenvalue weighted by Crippen LogP contribution is -2.37. The Kier molecular flexibility index (Phi) is 4.39. The average Bonchev–Trinajstić information content (AvgIpc) is 2.86. The van der Waals surface area contributed by atoms with E-state index in [1.807, 2.05) is 12.1 Å². The van der Waals surface area contributed by atoms with E-state index in [0.29, 0.717) is 18.5 Å². The molecule has 0 spiro atoms. The first-order chi connectivity index (χ1) is 8.08. The van der Waals surface area contributed by atoms with Crippen molar-refractivity contribution < 1.29 is 4.79 Å². The van der Waals surface area contributed by atoms with Crippen LogP contribution in [0.4, 0.5) is 0 Å². The molecule has 1 saturated heterocycles. The summed E-state index contributed by atoms with van der Waals surface area (Å²) >= 11 is 4.93. The number of rotatable bonds is 4. The Labute approximate surface area is 115 Å². The molecular weight excluding hydrogens is 298 g/mol. The van der Waals surface area contributed by atoms with Gasteiger partial charge in [-0.25, -0.2) is 0 Å². The molecule has 0 aliphatic carbocycles. The number of carbonyl (C=O) groups excluding carboxylic acids is 1. The SMILES string of the molecule is CC(C)C1CCCN1CC(=O)c1ccc(Br)s1. The summed E-state index contributed by atoms with van der Waals surface area (Å²) in [6.07, 6.45) is 2.46. The van der Waals surface area contributed by atoms with Crippen molar-refractivity contribution in [1.29, 1.82) is 0 Å². The summed E-state index contributed by atoms with van der Waals surface area (Å²) in [6, 6.07) is 4.45. The van der Waals surface area contributed by atoms with Crippen molar-refractivity contribution in [1.82, 2.24) is 4.90 Å². The third-order valence-corrected chi connectivity index (χ3v) is 5.04. The Morgan fingerprint density at radius 1 is 1.59 bits per heavy atom. The van der Waals surface area contributed by atoms with E-state index < -0.39 is 0 Å². The molecule has 4 heteroatoms. The molecule has 2 nitrogen and oxygen atoms in total. The number of ketones is 1. The van der Waals surface area contributed by atoms with Crippen LogP contribution in [0.5, 0.6) is 0 Å². The van der Waals surface area contributed by atoms with Crippen molar-refractivity contribution in [2.75, 3.05) is 13.1 Å². The second-order valence-electron chi connectivity index (χ2n) is 4.95. The van der Waals surface area contributed by atoms with Crippen molar-refractivity contribution in [2.24, 2.45) is 5.92 Å². The fraction of sp³-hybridized carbons (Fsp3) is 0.615. The van der Waals surface area contributed by atoms with E-state index in [0.717, 1.165) is 15.2 Å². The largest absolute Gasteiger partial charge is 0.293 e. The number of carbonyl (C=O) groups is 1. The molecule has 1 atom stereocenters. The lowest BCUT2D eigenvalue weighted by Gasteiger charge is -2.26. The molecule has 1 fully saturated rings. The van der Waals surface area contributed by atoms with Gasteiger partial charge in [-0.3, -0.25) is 9.69 Å². The van der Waals surface area contributed by atoms with E-state index in [1.165, 1.54) is 24.2 Å². The Morgan fingerprint density at radius 2 is 2.35 bits per heavy atom. The Balaban J connectivity index is 1.99. The van der Waals surface area contributed by atoms with E-state index in [4.69, 9.17) is 0 Å². The van der Waals surface area contributed by atoms with Gasteiger partial charge in [-0.2, -0.15) is 0 Å². The first-order valence-corrected chi connectivity index (χ1v) is 7.71. The maximum absolute atomic E-state index is 12.1. The Morgan fingerprint density at radius 3 is 2.94 bits per heavy atom. The van der Waals surface area contributed by atoms with Crippen molar-refractivity contribution in [3.8, 4) is 0 Å². The smallest absolute Gasteiger partial charge is 0.186 e. The first-order valence-electron chi connectivity index (χ1n) is 6.10. The number of halogens is 1. The van der Waals surface area contributed by atoms with Crippen molar-refractivity contribution in [3.05, 3.63) is 20.8 Å². The summed E-state index contributed by atoms with van der Waals surface area (Å²) in [6.45, 7) is 6.14. The molecule has 1 aromatic heterocycles. The molecule has 2 rings (SSSR count). The quantitative estimate of drug-likeness (QED) is 0.787. The molecule has 1 unspecified atom stereocenters. The molecule has 0 N–H and O–H groups in total. The monoisotopic (exact) mass is 315 g/mol. The number of nitrogens with zero attached hydrogens (tertiary/aromatic N) is 1. The second kappa shape index (κ2) is 5.63. The first kappa shape index (κ1) is 13.2. The Bertz CT molecular complexity index is 402. The zero-order valence-electron chi connectivity index (χ0n) is 10.3. The fourth-order valence-corrected chi connectivity index (χ4v) is 3.85. The van der Waals surface area contributed by atoms with Crippen LogP contribution in [0.15, 0.2) is 15.9 Å². The number of likely N-dealkylation sites (tertiary alicyclic amines) is 1. The second-order valence-corrected chi connectivity index (χ2v) is 7.41. The number of hydrogen-bond acceptors (Lipinski definition) is 3. The van der Waals surface area contributed by atoms with Crippen molar-refractivity contribution >= 4 is 33.0 Å². The number of Topliss-reactive ketones (excluding diaryl/α,β-unsaturated/α-hetero) is 1. The maximum Gasteiger partial charge on any atom is 0.186 e. The van der Waals surface area contributed by atoms with Gasteiger partial charge >= 0.3 is 0 Å². The predicted octanol–water partition coefficient (Wildman–Crippen LogP) is 3.81. The zero-order chi connectivity index (χ0) is 12.4. The van der Waals surface area contributed by atoms with Gasteiger partial charge in [0.05, 0.1) is 15.2 Å². The molecule has 0 bridgehead atoms. The highest BCUT2D eigenvalue weighted by atomic mass is 79.9. The van der Waals surface area contributed by atoms with Gasteiger partial charge in [0.25, 0.3) is 0 Å². The van der Waals surface area contributed by atoms with Gasteiger partial charge < -0.3 is 0 Å². The van der Waals surface area contributed by atoms with Crippen LogP contribution in [0.25, 0.3) is 0 Å². The van der Waals surface area contributed by atoms with Gasteiger partial charge in [-0.05, 0) is 53.4 Å². The minimum absolute atomic E-state index is 0.258. The molecule has 94 valence electrons. The highest BCUT2D eigenvalue weighted by molar-refractivity contribution is 9.11. The van der Waals surface area contributed by atoms with Crippen LogP contribution in [-0.4, -0.2) is 29.8 Å². The maximum atomic E-state index is 12.1. The zero-order valence-corrected chi connectivity index (χ0v) is 12.7. The molecule has 1 aromatic rings. The minimum Gasteiger partial charge on any atom is -0.293 e. The van der Waals surface area contributed by atoms with E-state index in [-0.39, 0.29) is 5.78 Å². The van der Waals surface area contributed by atoms with Crippen LogP contribution >= 0.6 is 27.3 Å². The molecule has 0 aromatic carbocycles. The Hall–Kier alpha value is -0.190. The van der Waals surface area contributed by atoms with Crippen molar-refractivity contribution in [3.63, 3.8) is 0 Å². The van der Waals surface area contributed by atoms with Gasteiger partial charge in [0.2, 0.25) is 0 Å². The van der Waals surface area contributed by atoms with E-state index in [9.17, 15) is 4.79 Å². The standard InChI is InChI=1S/C13H18BrNOS/c1-9(2)10-4-3-7-15(10)8-11(16)12-5-6-13(14)17-12/h5-6,9-10H,3-4,7-8H2,1-2H3. The van der Waals surface area contributed by atoms with E-state index >= 15 is 0 Å². The van der Waals surface area contributed by atoms with Crippen LogP contribution in [0, 0.1) is 5.92 Å². The average molecular weight is 316 g/mol. The third-order valence-electron chi connectivity index (χ3n) is 3.38. The molecule has 0 radical (unpaired) electrons. The topological polar surface area (TPSA) is 20.3 Å². The number of hydrogen-bond donors (Lipinski definition) is 0. The summed E-state index contributed by atoms with van der Waals surface area (Å²) in [5.41, 5.74) is 0. The lowest BCUT2D eigenvalue weighted by molar-refractivity contribution is 0.0908. The summed E-state index contributed by atoms with van der Waals surface area (Å²) in [4.78, 5) is 15.3. The van der Waals surface area contributed by atoms with Crippen LogP contribution < -0.4 is 0 Å². The highest BCUT2D eigenvalue weighted by Crippen LogP contribution is 2.26. The van der Waals surface area contributed by atoms with Crippen LogP contribution in [-0.2, 0) is 0 Å². The summed E-state index contributed by atoms with van der Waals surface area (Å²) in [7, 11) is 0. The molecule has 17 heavy (non-hydrogen) atoms. The predicted molar refractivity (Wildman–Crippen MR) is 75.8 cm³/mol. The summed E-state index contributed by atoms with van der Waals surface area (Å²) < 4.78 is 1.03. The van der Waals surface area contributed by atoms with E-state index in [2.05, 4.69) is 34.7 Å². The fourth-order valence-electron chi connectivity index (χ4n) is 2.53. The van der Waals surface area contributed by atoms with Gasteiger partial charge in [0.15, 0.2) is 5.78 Å². The van der Waals surface area contributed by atoms with Gasteiger partial charge in [-0.1, -0.05) is 13.8 Å². The van der Waals surface area contributed by atoms with Gasteiger partial charge in [-0.15, -0.1) is 11.3 Å². The minimum atomic E-state index is 0.258. The number of thiophene rings is 1. The normalized spacial score (nSPS) is 21.3. The summed E-state index contributed by atoms with van der Waals surface area (Å²) in [5, 5.41) is 0.